The molecule has 8 heteroatoms. The molecule has 126 valence electrons. The van der Waals surface area contributed by atoms with Crippen LogP contribution in [0.4, 0.5) is 5.82 Å². The number of carbonyl (C=O) groups excluding carboxylic acids is 2. The fourth-order valence-electron chi connectivity index (χ4n) is 2.39. The quantitative estimate of drug-likeness (QED) is 0.843. The molecule has 1 aliphatic rings. The van der Waals surface area contributed by atoms with Crippen molar-refractivity contribution < 1.29 is 9.59 Å². The number of nitrogens with zero attached hydrogens (tertiary/aromatic N) is 3. The molecule has 0 spiro atoms. The Hall–Kier alpha value is -2.48. The molecule has 0 aliphatic carbocycles. The van der Waals surface area contributed by atoms with E-state index in [0.717, 1.165) is 17.1 Å². The molecule has 2 aromatic heterocycles. The van der Waals surface area contributed by atoms with Gasteiger partial charge in [-0.2, -0.15) is 0 Å². The summed E-state index contributed by atoms with van der Waals surface area (Å²) in [4.78, 5) is 34.2. The predicted molar refractivity (Wildman–Crippen MR) is 92.1 cm³/mol. The van der Waals surface area contributed by atoms with Gasteiger partial charge in [-0.15, -0.1) is 11.3 Å². The molecule has 3 rings (SSSR count). The number of rotatable bonds is 5. The van der Waals surface area contributed by atoms with E-state index in [-0.39, 0.29) is 11.8 Å². The lowest BCUT2D eigenvalue weighted by molar-refractivity contribution is -0.120. The summed E-state index contributed by atoms with van der Waals surface area (Å²) in [6.45, 7) is 4.08. The summed E-state index contributed by atoms with van der Waals surface area (Å²) in [5.74, 6) is 0.507. The van der Waals surface area contributed by atoms with Crippen LogP contribution in [0.25, 0.3) is 0 Å². The molecular formula is C16H19N5O2S. The summed E-state index contributed by atoms with van der Waals surface area (Å²) < 4.78 is 0. The summed E-state index contributed by atoms with van der Waals surface area (Å²) >= 11 is 1.55. The lowest BCUT2D eigenvalue weighted by Gasteiger charge is -2.27. The third-order valence-corrected chi connectivity index (χ3v) is 4.63. The van der Waals surface area contributed by atoms with Crippen molar-refractivity contribution in [1.29, 1.82) is 0 Å². The van der Waals surface area contributed by atoms with Gasteiger partial charge in [0.2, 0.25) is 5.91 Å². The Morgan fingerprint density at radius 3 is 3.00 bits per heavy atom. The normalized spacial score (nSPS) is 14.4. The highest BCUT2D eigenvalue weighted by atomic mass is 32.1. The van der Waals surface area contributed by atoms with Gasteiger partial charge in [0.05, 0.1) is 24.3 Å². The van der Waals surface area contributed by atoms with E-state index in [0.29, 0.717) is 37.6 Å². The SMILES string of the molecule is CCc1csc(CNC(=O)c2ccc(N3CCNC(=O)C3)nc2)n1. The van der Waals surface area contributed by atoms with Gasteiger partial charge in [0.15, 0.2) is 0 Å². The first-order valence-electron chi connectivity index (χ1n) is 7.85. The van der Waals surface area contributed by atoms with Crippen LogP contribution in [0.3, 0.4) is 0 Å². The number of carbonyl (C=O) groups is 2. The van der Waals surface area contributed by atoms with Gasteiger partial charge < -0.3 is 15.5 Å². The third-order valence-electron chi connectivity index (χ3n) is 3.73. The van der Waals surface area contributed by atoms with E-state index >= 15 is 0 Å². The monoisotopic (exact) mass is 345 g/mol. The molecule has 24 heavy (non-hydrogen) atoms. The van der Waals surface area contributed by atoms with Crippen molar-refractivity contribution in [3.05, 3.63) is 40.0 Å². The molecule has 1 saturated heterocycles. The Bertz CT molecular complexity index is 728. The van der Waals surface area contributed by atoms with Crippen LogP contribution in [0, 0.1) is 0 Å². The second-order valence-electron chi connectivity index (χ2n) is 5.45. The lowest BCUT2D eigenvalue weighted by atomic mass is 10.2. The van der Waals surface area contributed by atoms with Crippen LogP contribution in [0.2, 0.25) is 0 Å². The standard InChI is InChI=1S/C16H19N5O2S/c1-2-12-10-24-15(20-12)8-19-16(23)11-3-4-13(18-7-11)21-6-5-17-14(22)9-21/h3-4,7,10H,2,5-6,8-9H2,1H3,(H,17,22)(H,19,23). The second-order valence-corrected chi connectivity index (χ2v) is 6.39. The van der Waals surface area contributed by atoms with E-state index in [4.69, 9.17) is 0 Å². The summed E-state index contributed by atoms with van der Waals surface area (Å²) in [6.07, 6.45) is 2.43. The molecule has 3 heterocycles. The van der Waals surface area contributed by atoms with Gasteiger partial charge in [0.1, 0.15) is 10.8 Å². The van der Waals surface area contributed by atoms with Crippen molar-refractivity contribution >= 4 is 29.0 Å². The molecule has 0 saturated carbocycles. The smallest absolute Gasteiger partial charge is 0.253 e. The average Bonchev–Trinajstić information content (AvgIpc) is 3.08. The lowest BCUT2D eigenvalue weighted by Crippen LogP contribution is -2.48. The van der Waals surface area contributed by atoms with E-state index in [2.05, 4.69) is 27.5 Å². The van der Waals surface area contributed by atoms with Crippen molar-refractivity contribution in [2.75, 3.05) is 24.5 Å². The number of hydrogen-bond acceptors (Lipinski definition) is 6. The van der Waals surface area contributed by atoms with Crippen LogP contribution in [0.1, 0.15) is 28.0 Å². The number of anilines is 1. The highest BCUT2D eigenvalue weighted by Gasteiger charge is 2.17. The highest BCUT2D eigenvalue weighted by molar-refractivity contribution is 7.09. The highest BCUT2D eigenvalue weighted by Crippen LogP contribution is 2.13. The first kappa shape index (κ1) is 16.4. The zero-order valence-corrected chi connectivity index (χ0v) is 14.2. The number of amides is 2. The maximum atomic E-state index is 12.2. The van der Waals surface area contributed by atoms with E-state index in [1.54, 1.807) is 23.5 Å². The summed E-state index contributed by atoms with van der Waals surface area (Å²) in [5, 5.41) is 8.52. The Morgan fingerprint density at radius 1 is 1.46 bits per heavy atom. The van der Waals surface area contributed by atoms with Gasteiger partial charge in [-0.25, -0.2) is 9.97 Å². The van der Waals surface area contributed by atoms with Gasteiger partial charge >= 0.3 is 0 Å². The van der Waals surface area contributed by atoms with Gasteiger partial charge in [0, 0.05) is 24.7 Å². The molecule has 0 aromatic carbocycles. The number of nitrogens with one attached hydrogen (secondary N) is 2. The number of thiazole rings is 1. The van der Waals surface area contributed by atoms with Gasteiger partial charge in [-0.1, -0.05) is 6.92 Å². The minimum atomic E-state index is -0.182. The molecule has 0 unspecified atom stereocenters. The zero-order valence-electron chi connectivity index (χ0n) is 13.4. The number of pyridine rings is 1. The molecule has 7 nitrogen and oxygen atoms in total. The number of piperazine rings is 1. The first-order chi connectivity index (χ1) is 11.7. The van der Waals surface area contributed by atoms with Crippen molar-refractivity contribution in [3.8, 4) is 0 Å². The Morgan fingerprint density at radius 2 is 2.33 bits per heavy atom. The van der Waals surface area contributed by atoms with E-state index in [9.17, 15) is 9.59 Å². The van der Waals surface area contributed by atoms with Gasteiger partial charge in [-0.05, 0) is 18.6 Å². The predicted octanol–water partition coefficient (Wildman–Crippen LogP) is 0.967. The van der Waals surface area contributed by atoms with Crippen molar-refractivity contribution in [2.45, 2.75) is 19.9 Å². The summed E-state index contributed by atoms with van der Waals surface area (Å²) in [6, 6.07) is 3.50. The molecule has 0 bridgehead atoms. The van der Waals surface area contributed by atoms with E-state index < -0.39 is 0 Å². The summed E-state index contributed by atoms with van der Waals surface area (Å²) in [7, 11) is 0. The molecule has 2 aromatic rings. The molecular weight excluding hydrogens is 326 g/mol. The first-order valence-corrected chi connectivity index (χ1v) is 8.73. The maximum absolute atomic E-state index is 12.2. The second kappa shape index (κ2) is 7.39. The Kier molecular flexibility index (Phi) is 5.05. The Balaban J connectivity index is 1.58. The fraction of sp³-hybridized carbons (Fsp3) is 0.375. The van der Waals surface area contributed by atoms with Crippen LogP contribution in [0.5, 0.6) is 0 Å². The van der Waals surface area contributed by atoms with Crippen molar-refractivity contribution in [3.63, 3.8) is 0 Å². The number of aryl methyl sites for hydroxylation is 1. The third kappa shape index (κ3) is 3.88. The molecule has 1 aliphatic heterocycles. The van der Waals surface area contributed by atoms with Crippen LogP contribution in [-0.4, -0.2) is 41.4 Å². The number of aromatic nitrogens is 2. The zero-order chi connectivity index (χ0) is 16.9. The molecule has 2 N–H and O–H groups in total. The average molecular weight is 345 g/mol. The number of hydrogen-bond donors (Lipinski definition) is 2. The summed E-state index contributed by atoms with van der Waals surface area (Å²) in [5.41, 5.74) is 1.54. The molecule has 2 amide bonds. The maximum Gasteiger partial charge on any atom is 0.253 e. The topological polar surface area (TPSA) is 87.2 Å². The van der Waals surface area contributed by atoms with E-state index in [1.165, 1.54) is 6.20 Å². The van der Waals surface area contributed by atoms with Crippen molar-refractivity contribution in [1.82, 2.24) is 20.6 Å². The van der Waals surface area contributed by atoms with Crippen LogP contribution in [-0.2, 0) is 17.8 Å². The molecule has 1 fully saturated rings. The Labute approximate surface area is 144 Å². The van der Waals surface area contributed by atoms with E-state index in [1.807, 2.05) is 10.3 Å². The van der Waals surface area contributed by atoms with Crippen molar-refractivity contribution in [2.24, 2.45) is 0 Å². The van der Waals surface area contributed by atoms with Crippen LogP contribution >= 0.6 is 11.3 Å². The van der Waals surface area contributed by atoms with Crippen LogP contribution < -0.4 is 15.5 Å². The van der Waals surface area contributed by atoms with Gasteiger partial charge in [-0.3, -0.25) is 9.59 Å². The molecule has 0 radical (unpaired) electrons. The fourth-order valence-corrected chi connectivity index (χ4v) is 3.21. The molecule has 0 atom stereocenters. The van der Waals surface area contributed by atoms with Crippen LogP contribution in [0.15, 0.2) is 23.7 Å². The minimum absolute atomic E-state index is 0.0141. The largest absolute Gasteiger partial charge is 0.353 e. The minimum Gasteiger partial charge on any atom is -0.353 e. The van der Waals surface area contributed by atoms with Gasteiger partial charge in [0.25, 0.3) is 5.91 Å².